The molecule has 0 saturated carbocycles. The van der Waals surface area contributed by atoms with Crippen LogP contribution in [0.15, 0.2) is 24.5 Å². The lowest BCUT2D eigenvalue weighted by molar-refractivity contribution is -0.137. The Balaban J connectivity index is 1.58. The van der Waals surface area contributed by atoms with E-state index in [0.717, 1.165) is 0 Å². The number of benzene rings is 1. The van der Waals surface area contributed by atoms with Gasteiger partial charge < -0.3 is 20.5 Å². The number of amides is 2. The first-order valence-electron chi connectivity index (χ1n) is 10.3. The number of fused-ring (bicyclic) bond motifs is 1. The fraction of sp³-hybridized carbons (Fsp3) is 0.273. The van der Waals surface area contributed by atoms with Gasteiger partial charge in [0.1, 0.15) is 17.3 Å². The van der Waals surface area contributed by atoms with Crippen LogP contribution in [0, 0.1) is 22.7 Å². The van der Waals surface area contributed by atoms with Crippen molar-refractivity contribution in [2.75, 3.05) is 25.5 Å². The highest BCUT2D eigenvalue weighted by Crippen LogP contribution is 2.30. The number of nitrogens with zero attached hydrogens (tertiary/aromatic N) is 4. The van der Waals surface area contributed by atoms with Gasteiger partial charge in [-0.15, -0.1) is 0 Å². The molecule has 2 aromatic heterocycles. The van der Waals surface area contributed by atoms with Crippen molar-refractivity contribution < 1.29 is 9.59 Å². The zero-order valence-electron chi connectivity index (χ0n) is 18.2. The molecule has 2 amide bonds. The van der Waals surface area contributed by atoms with E-state index in [1.54, 1.807) is 26.1 Å². The van der Waals surface area contributed by atoms with Crippen LogP contribution in [-0.2, 0) is 4.79 Å². The molecule has 1 aromatic carbocycles. The quantitative estimate of drug-likeness (QED) is 0.383. The fourth-order valence-electron chi connectivity index (χ4n) is 3.63. The first-order chi connectivity index (χ1) is 16.2. The highest BCUT2D eigenvalue weighted by Gasteiger charge is 2.33. The van der Waals surface area contributed by atoms with Crippen molar-refractivity contribution in [2.45, 2.75) is 13.0 Å². The Morgan fingerprint density at radius 3 is 2.68 bits per heavy atom. The average Bonchev–Trinajstić information content (AvgIpc) is 3.22. The second-order valence-electron chi connectivity index (χ2n) is 7.86. The topological polar surface area (TPSA) is 151 Å². The summed E-state index contributed by atoms with van der Waals surface area (Å²) in [7, 11) is 1.70. The van der Waals surface area contributed by atoms with E-state index in [1.165, 1.54) is 17.3 Å². The average molecular weight is 499 g/mol. The van der Waals surface area contributed by atoms with Crippen LogP contribution >= 0.6 is 23.2 Å². The van der Waals surface area contributed by atoms with E-state index in [9.17, 15) is 9.59 Å². The molecule has 3 aromatic rings. The molecular formula is C22H20Cl2N8O2. The summed E-state index contributed by atoms with van der Waals surface area (Å²) in [6.07, 6.45) is 2.88. The summed E-state index contributed by atoms with van der Waals surface area (Å²) < 4.78 is 0. The maximum atomic E-state index is 12.9. The number of aromatic amines is 1. The minimum absolute atomic E-state index is 0.0400. The van der Waals surface area contributed by atoms with Crippen molar-refractivity contribution in [2.24, 2.45) is 5.92 Å². The normalized spacial score (nSPS) is 14.3. The number of H-pyrrole nitrogens is 1. The predicted molar refractivity (Wildman–Crippen MR) is 128 cm³/mol. The van der Waals surface area contributed by atoms with E-state index in [1.807, 2.05) is 0 Å². The number of hydrogen-bond acceptors (Lipinski definition) is 7. The van der Waals surface area contributed by atoms with Crippen molar-refractivity contribution in [3.63, 3.8) is 0 Å². The number of halogens is 2. The molecule has 1 fully saturated rings. The zero-order chi connectivity index (χ0) is 24.6. The van der Waals surface area contributed by atoms with Crippen molar-refractivity contribution in [3.8, 4) is 6.07 Å². The maximum Gasteiger partial charge on any atom is 0.255 e. The zero-order valence-corrected chi connectivity index (χ0v) is 19.8. The Kier molecular flexibility index (Phi) is 6.41. The molecule has 12 heteroatoms. The summed E-state index contributed by atoms with van der Waals surface area (Å²) in [4.78, 5) is 38.6. The van der Waals surface area contributed by atoms with Gasteiger partial charge >= 0.3 is 0 Å². The van der Waals surface area contributed by atoms with Crippen molar-refractivity contribution in [1.82, 2.24) is 25.2 Å². The van der Waals surface area contributed by atoms with Crippen LogP contribution in [0.5, 0.6) is 0 Å². The first-order valence-corrected chi connectivity index (χ1v) is 11.1. The van der Waals surface area contributed by atoms with Gasteiger partial charge in [-0.1, -0.05) is 23.2 Å². The molecular weight excluding hydrogens is 479 g/mol. The molecule has 1 aliphatic heterocycles. The summed E-state index contributed by atoms with van der Waals surface area (Å²) >= 11 is 12.2. The summed E-state index contributed by atoms with van der Waals surface area (Å²) in [6, 6.07) is 4.51. The van der Waals surface area contributed by atoms with Crippen molar-refractivity contribution >= 4 is 57.6 Å². The number of nitriles is 1. The Labute approximate surface area is 204 Å². The molecule has 0 unspecified atom stereocenters. The Bertz CT molecular complexity index is 1360. The van der Waals surface area contributed by atoms with Crippen LogP contribution in [0.1, 0.15) is 28.5 Å². The molecule has 3 heterocycles. The lowest BCUT2D eigenvalue weighted by Crippen LogP contribution is -2.55. The van der Waals surface area contributed by atoms with Gasteiger partial charge in [0.25, 0.3) is 5.91 Å². The van der Waals surface area contributed by atoms with Crippen LogP contribution in [0.3, 0.4) is 0 Å². The highest BCUT2D eigenvalue weighted by atomic mass is 35.5. The van der Waals surface area contributed by atoms with Gasteiger partial charge in [-0.25, -0.2) is 9.97 Å². The SMILES string of the molecule is CNc1cc(Cl)c(Cl)cc1C(=N)c1cnc2[nH]cc(C(=O)N[C@H](C)C(=O)N3CC(C#N)C3)c2n1. The third kappa shape index (κ3) is 4.27. The number of hydrogen-bond donors (Lipinski definition) is 4. The van der Waals surface area contributed by atoms with Crippen LogP contribution in [0.4, 0.5) is 5.69 Å². The lowest BCUT2D eigenvalue weighted by Gasteiger charge is -2.37. The Morgan fingerprint density at radius 1 is 1.29 bits per heavy atom. The largest absolute Gasteiger partial charge is 0.388 e. The second kappa shape index (κ2) is 9.29. The molecule has 0 spiro atoms. The Morgan fingerprint density at radius 2 is 2.00 bits per heavy atom. The fourth-order valence-corrected chi connectivity index (χ4v) is 3.96. The molecule has 1 saturated heterocycles. The molecule has 1 aliphatic rings. The highest BCUT2D eigenvalue weighted by molar-refractivity contribution is 6.42. The molecule has 174 valence electrons. The number of aromatic nitrogens is 3. The Hall–Kier alpha value is -3.68. The predicted octanol–water partition coefficient (Wildman–Crippen LogP) is 2.82. The summed E-state index contributed by atoms with van der Waals surface area (Å²) in [6.45, 7) is 2.32. The third-order valence-electron chi connectivity index (χ3n) is 5.57. The lowest BCUT2D eigenvalue weighted by atomic mass is 10.0. The number of rotatable bonds is 6. The minimum Gasteiger partial charge on any atom is -0.388 e. The van der Waals surface area contributed by atoms with Crippen molar-refractivity contribution in [1.29, 1.82) is 10.7 Å². The van der Waals surface area contributed by atoms with Crippen LogP contribution in [0.2, 0.25) is 10.0 Å². The van der Waals surface area contributed by atoms with E-state index in [2.05, 4.69) is 31.7 Å². The third-order valence-corrected chi connectivity index (χ3v) is 6.30. The van der Waals surface area contributed by atoms with Crippen molar-refractivity contribution in [3.05, 3.63) is 51.4 Å². The number of likely N-dealkylation sites (tertiary alicyclic amines) is 1. The number of carbonyl (C=O) groups excluding carboxylic acids is 2. The molecule has 10 nitrogen and oxygen atoms in total. The number of carbonyl (C=O) groups is 2. The molecule has 0 bridgehead atoms. The standard InChI is InChI=1S/C22H20Cl2N8O2/c1-10(22(34)32-8-11(5-25)9-32)30-21(33)13-6-28-20-19(13)31-17(7-29-20)18(26)12-3-14(23)15(24)4-16(12)27-2/h3-4,6-7,10-11,26-27H,8-9H2,1-2H3,(H,28,29)(H,30,33)/t10-/m1/s1. The maximum absolute atomic E-state index is 12.9. The second-order valence-corrected chi connectivity index (χ2v) is 8.67. The number of anilines is 1. The van der Waals surface area contributed by atoms with E-state index in [0.29, 0.717) is 35.0 Å². The molecule has 4 N–H and O–H groups in total. The van der Waals surface area contributed by atoms with Gasteiger partial charge in [-0.2, -0.15) is 5.26 Å². The van der Waals surface area contributed by atoms with Crippen LogP contribution < -0.4 is 10.6 Å². The minimum atomic E-state index is -0.777. The molecule has 1 atom stereocenters. The summed E-state index contributed by atoms with van der Waals surface area (Å²) in [5, 5.41) is 23.8. The molecule has 0 aliphatic carbocycles. The van der Waals surface area contributed by atoms with Gasteiger partial charge in [-0.05, 0) is 19.1 Å². The smallest absolute Gasteiger partial charge is 0.255 e. The van der Waals surface area contributed by atoms with E-state index < -0.39 is 11.9 Å². The summed E-state index contributed by atoms with van der Waals surface area (Å²) in [5.41, 5.74) is 2.14. The summed E-state index contributed by atoms with van der Waals surface area (Å²) in [5.74, 6) is -0.927. The van der Waals surface area contributed by atoms with Crippen LogP contribution in [0.25, 0.3) is 11.2 Å². The van der Waals surface area contributed by atoms with Gasteiger partial charge in [0.2, 0.25) is 5.91 Å². The van der Waals surface area contributed by atoms with Crippen LogP contribution in [-0.4, -0.2) is 63.6 Å². The number of nitrogens with one attached hydrogen (secondary N) is 4. The molecule has 4 rings (SSSR count). The molecule has 34 heavy (non-hydrogen) atoms. The molecule has 0 radical (unpaired) electrons. The van der Waals surface area contributed by atoms with E-state index >= 15 is 0 Å². The van der Waals surface area contributed by atoms with Gasteiger partial charge in [0.05, 0.1) is 39.5 Å². The van der Waals surface area contributed by atoms with E-state index in [-0.39, 0.29) is 39.3 Å². The van der Waals surface area contributed by atoms with E-state index in [4.69, 9.17) is 33.9 Å². The van der Waals surface area contributed by atoms with Gasteiger partial charge in [0, 0.05) is 37.6 Å². The van der Waals surface area contributed by atoms with Gasteiger partial charge in [0.15, 0.2) is 5.65 Å². The van der Waals surface area contributed by atoms with Gasteiger partial charge in [-0.3, -0.25) is 15.0 Å². The monoisotopic (exact) mass is 498 g/mol. The first kappa shape index (κ1) is 23.5.